The summed E-state index contributed by atoms with van der Waals surface area (Å²) in [6.07, 6.45) is 2.88. The van der Waals surface area contributed by atoms with Gasteiger partial charge in [-0.1, -0.05) is 36.7 Å². The summed E-state index contributed by atoms with van der Waals surface area (Å²) < 4.78 is 0. The number of para-hydroxylation sites is 1. The Labute approximate surface area is 130 Å². The Morgan fingerprint density at radius 2 is 2.05 bits per heavy atom. The Balaban J connectivity index is 1.66. The van der Waals surface area contributed by atoms with Gasteiger partial charge in [-0.05, 0) is 44.3 Å². The number of fused-ring (bicyclic) bond motifs is 1. The number of aliphatic hydroxyl groups is 1. The number of nitrogens with one attached hydrogen (secondary N) is 1. The van der Waals surface area contributed by atoms with Crippen LogP contribution in [-0.2, 0) is 6.54 Å². The minimum absolute atomic E-state index is 0.135. The third-order valence-electron chi connectivity index (χ3n) is 4.69. The zero-order valence-corrected chi connectivity index (χ0v) is 13.2. The van der Waals surface area contributed by atoms with Gasteiger partial charge in [-0.3, -0.25) is 4.90 Å². The maximum absolute atomic E-state index is 9.95. The van der Waals surface area contributed by atoms with Crippen molar-refractivity contribution in [1.29, 1.82) is 0 Å². The second kappa shape index (κ2) is 6.39. The molecule has 0 saturated carbocycles. The first kappa shape index (κ1) is 14.9. The van der Waals surface area contributed by atoms with Gasteiger partial charge in [0.1, 0.15) is 0 Å². The normalized spacial score (nSPS) is 19.2. The van der Waals surface area contributed by atoms with Crippen molar-refractivity contribution in [3.8, 4) is 0 Å². The van der Waals surface area contributed by atoms with Gasteiger partial charge in [0.05, 0.1) is 11.1 Å². The van der Waals surface area contributed by atoms with Crippen LogP contribution in [0.3, 0.4) is 0 Å². The minimum Gasteiger partial charge on any atom is -0.393 e. The van der Waals surface area contributed by atoms with Crippen LogP contribution in [0.4, 0.5) is 0 Å². The van der Waals surface area contributed by atoms with E-state index in [1.807, 2.05) is 12.1 Å². The van der Waals surface area contributed by atoms with Crippen LogP contribution >= 0.6 is 11.6 Å². The number of hydrogen-bond acceptors (Lipinski definition) is 2. The largest absolute Gasteiger partial charge is 0.393 e. The van der Waals surface area contributed by atoms with E-state index in [1.54, 1.807) is 0 Å². The molecule has 1 aromatic carbocycles. The Morgan fingerprint density at radius 1 is 1.33 bits per heavy atom. The molecule has 0 spiro atoms. The molecule has 1 aromatic heterocycles. The van der Waals surface area contributed by atoms with E-state index in [4.69, 9.17) is 11.6 Å². The summed E-state index contributed by atoms with van der Waals surface area (Å²) in [6.45, 7) is 4.99. The Bertz CT molecular complexity index is 602. The van der Waals surface area contributed by atoms with E-state index in [0.717, 1.165) is 60.5 Å². The highest BCUT2D eigenvalue weighted by molar-refractivity contribution is 6.36. The molecule has 21 heavy (non-hydrogen) atoms. The molecule has 1 saturated heterocycles. The van der Waals surface area contributed by atoms with Crippen molar-refractivity contribution in [1.82, 2.24) is 9.88 Å². The first-order valence-electron chi connectivity index (χ1n) is 7.84. The number of hydrogen-bond donors (Lipinski definition) is 2. The fraction of sp³-hybridized carbons (Fsp3) is 0.529. The first-order chi connectivity index (χ1) is 10.2. The average Bonchev–Trinajstić information content (AvgIpc) is 2.84. The zero-order valence-electron chi connectivity index (χ0n) is 12.5. The van der Waals surface area contributed by atoms with E-state index in [1.165, 1.54) is 0 Å². The number of H-pyrrole nitrogens is 1. The summed E-state index contributed by atoms with van der Waals surface area (Å²) in [5, 5.41) is 11.9. The summed E-state index contributed by atoms with van der Waals surface area (Å²) in [4.78, 5) is 5.86. The molecule has 0 radical (unpaired) electrons. The number of aliphatic hydroxyl groups excluding tert-OH is 1. The van der Waals surface area contributed by atoms with E-state index < -0.39 is 0 Å². The maximum atomic E-state index is 9.95. The molecule has 2 heterocycles. The molecule has 1 aliphatic rings. The van der Waals surface area contributed by atoms with Gasteiger partial charge < -0.3 is 10.1 Å². The number of aromatic nitrogens is 1. The summed E-state index contributed by atoms with van der Waals surface area (Å²) in [7, 11) is 0. The van der Waals surface area contributed by atoms with E-state index in [0.29, 0.717) is 5.92 Å². The number of benzene rings is 1. The average molecular weight is 307 g/mol. The lowest BCUT2D eigenvalue weighted by Crippen LogP contribution is -2.37. The van der Waals surface area contributed by atoms with Crippen LogP contribution in [0.2, 0.25) is 5.02 Å². The highest BCUT2D eigenvalue weighted by Gasteiger charge is 2.24. The number of piperidine rings is 1. The Morgan fingerprint density at radius 3 is 2.71 bits per heavy atom. The third kappa shape index (κ3) is 3.10. The van der Waals surface area contributed by atoms with Crippen molar-refractivity contribution in [3.05, 3.63) is 35.0 Å². The molecule has 0 aliphatic carbocycles. The van der Waals surface area contributed by atoms with E-state index >= 15 is 0 Å². The van der Waals surface area contributed by atoms with Crippen molar-refractivity contribution >= 4 is 22.5 Å². The smallest absolute Gasteiger partial charge is 0.0705 e. The summed E-state index contributed by atoms with van der Waals surface area (Å²) >= 11 is 6.48. The fourth-order valence-corrected chi connectivity index (χ4v) is 3.60. The standard InChI is InChI=1S/C17H23ClN2O/c1-2-16(21)12-7-9-20(10-8-12)11-15-17(18)13-5-3-4-6-14(13)19-15/h3-6,12,16,19,21H,2,7-11H2,1H3. The molecule has 1 aliphatic heterocycles. The van der Waals surface area contributed by atoms with Crippen LogP contribution in [-0.4, -0.2) is 34.2 Å². The lowest BCUT2D eigenvalue weighted by atomic mass is 9.90. The van der Waals surface area contributed by atoms with Gasteiger partial charge in [0.15, 0.2) is 0 Å². The zero-order chi connectivity index (χ0) is 14.8. The quantitative estimate of drug-likeness (QED) is 0.902. The first-order valence-corrected chi connectivity index (χ1v) is 8.22. The second-order valence-corrected chi connectivity index (χ2v) is 6.43. The molecule has 4 heteroatoms. The van der Waals surface area contributed by atoms with Gasteiger partial charge in [0.2, 0.25) is 0 Å². The number of aromatic amines is 1. The van der Waals surface area contributed by atoms with Crippen molar-refractivity contribution in [2.45, 2.75) is 38.8 Å². The summed E-state index contributed by atoms with van der Waals surface area (Å²) in [5.41, 5.74) is 2.21. The monoisotopic (exact) mass is 306 g/mol. The predicted molar refractivity (Wildman–Crippen MR) is 87.6 cm³/mol. The molecule has 1 atom stereocenters. The third-order valence-corrected chi connectivity index (χ3v) is 5.12. The number of nitrogens with zero attached hydrogens (tertiary/aromatic N) is 1. The van der Waals surface area contributed by atoms with Crippen molar-refractivity contribution in [3.63, 3.8) is 0 Å². The van der Waals surface area contributed by atoms with Crippen LogP contribution in [0.1, 0.15) is 31.9 Å². The molecule has 3 rings (SSSR count). The SMILES string of the molecule is CCC(O)C1CCN(Cc2[nH]c3ccccc3c2Cl)CC1. The molecular formula is C17H23ClN2O. The van der Waals surface area contributed by atoms with E-state index in [-0.39, 0.29) is 6.10 Å². The molecule has 1 unspecified atom stereocenters. The Hall–Kier alpha value is -1.03. The number of halogens is 1. The minimum atomic E-state index is -0.135. The van der Waals surface area contributed by atoms with Crippen LogP contribution in [0.15, 0.2) is 24.3 Å². The summed E-state index contributed by atoms with van der Waals surface area (Å²) in [6, 6.07) is 8.16. The highest BCUT2D eigenvalue weighted by Crippen LogP contribution is 2.29. The van der Waals surface area contributed by atoms with Gasteiger partial charge in [0.25, 0.3) is 0 Å². The van der Waals surface area contributed by atoms with E-state index in [9.17, 15) is 5.11 Å². The van der Waals surface area contributed by atoms with Crippen molar-refractivity contribution < 1.29 is 5.11 Å². The molecular weight excluding hydrogens is 284 g/mol. The second-order valence-electron chi connectivity index (χ2n) is 6.05. The van der Waals surface area contributed by atoms with E-state index in [2.05, 4.69) is 28.9 Å². The molecule has 0 bridgehead atoms. The number of rotatable bonds is 4. The Kier molecular flexibility index (Phi) is 4.53. The number of likely N-dealkylation sites (tertiary alicyclic amines) is 1. The van der Waals surface area contributed by atoms with Gasteiger partial charge in [0, 0.05) is 23.1 Å². The van der Waals surface area contributed by atoms with Crippen LogP contribution in [0.25, 0.3) is 10.9 Å². The fourth-order valence-electron chi connectivity index (χ4n) is 3.33. The molecule has 1 fully saturated rings. The summed E-state index contributed by atoms with van der Waals surface area (Å²) in [5.74, 6) is 0.462. The van der Waals surface area contributed by atoms with Crippen LogP contribution in [0, 0.1) is 5.92 Å². The topological polar surface area (TPSA) is 39.3 Å². The molecule has 114 valence electrons. The van der Waals surface area contributed by atoms with Gasteiger partial charge >= 0.3 is 0 Å². The molecule has 0 amide bonds. The van der Waals surface area contributed by atoms with Crippen molar-refractivity contribution in [2.24, 2.45) is 5.92 Å². The lowest BCUT2D eigenvalue weighted by Gasteiger charge is -2.33. The maximum Gasteiger partial charge on any atom is 0.0705 e. The van der Waals surface area contributed by atoms with Crippen molar-refractivity contribution in [2.75, 3.05) is 13.1 Å². The van der Waals surface area contributed by atoms with Crippen LogP contribution < -0.4 is 0 Å². The van der Waals surface area contributed by atoms with Gasteiger partial charge in [-0.2, -0.15) is 0 Å². The molecule has 2 N–H and O–H groups in total. The van der Waals surface area contributed by atoms with Gasteiger partial charge in [-0.15, -0.1) is 0 Å². The highest BCUT2D eigenvalue weighted by atomic mass is 35.5. The molecule has 2 aromatic rings. The lowest BCUT2D eigenvalue weighted by molar-refractivity contribution is 0.0547. The predicted octanol–water partition coefficient (Wildman–Crippen LogP) is 3.80. The molecule has 3 nitrogen and oxygen atoms in total. The van der Waals surface area contributed by atoms with Gasteiger partial charge in [-0.25, -0.2) is 0 Å². The van der Waals surface area contributed by atoms with Crippen LogP contribution in [0.5, 0.6) is 0 Å².